The lowest BCUT2D eigenvalue weighted by Crippen LogP contribution is -2.45. The Morgan fingerprint density at radius 1 is 1.35 bits per heavy atom. The summed E-state index contributed by atoms with van der Waals surface area (Å²) < 4.78 is 5.06. The summed E-state index contributed by atoms with van der Waals surface area (Å²) in [4.78, 5) is 25.0. The number of hydrogen-bond acceptors (Lipinski definition) is 3. The third kappa shape index (κ3) is 3.40. The Morgan fingerprint density at radius 3 is 2.65 bits per heavy atom. The molecule has 2 rings (SSSR count). The Balaban J connectivity index is 1.95. The lowest BCUT2D eigenvalue weighted by Gasteiger charge is -2.31. The first-order valence-corrected chi connectivity index (χ1v) is 6.59. The van der Waals surface area contributed by atoms with Gasteiger partial charge in [0.2, 0.25) is 5.91 Å². The first-order chi connectivity index (χ1) is 9.60. The van der Waals surface area contributed by atoms with Gasteiger partial charge in [0.25, 0.3) is 0 Å². The van der Waals surface area contributed by atoms with Gasteiger partial charge in [0, 0.05) is 18.8 Å². The van der Waals surface area contributed by atoms with Crippen LogP contribution in [0.5, 0.6) is 5.75 Å². The summed E-state index contributed by atoms with van der Waals surface area (Å²) in [5.41, 5.74) is 5.99. The highest BCUT2D eigenvalue weighted by Gasteiger charge is 2.26. The molecule has 1 aromatic carbocycles. The Kier molecular flexibility index (Phi) is 4.45. The molecule has 0 aromatic heterocycles. The molecule has 1 saturated heterocycles. The highest BCUT2D eigenvalue weighted by Crippen LogP contribution is 2.19. The molecule has 1 aliphatic heterocycles. The molecule has 20 heavy (non-hydrogen) atoms. The Labute approximate surface area is 117 Å². The number of primary amides is 1. The number of amides is 3. The maximum atomic E-state index is 12.1. The number of methoxy groups -OCH3 is 1. The molecule has 3 amide bonds. The second-order valence-corrected chi connectivity index (χ2v) is 4.85. The van der Waals surface area contributed by atoms with Gasteiger partial charge in [-0.25, -0.2) is 4.79 Å². The molecule has 0 bridgehead atoms. The fraction of sp³-hybridized carbons (Fsp3) is 0.429. The summed E-state index contributed by atoms with van der Waals surface area (Å²) in [5, 5.41) is 2.80. The second kappa shape index (κ2) is 6.27. The van der Waals surface area contributed by atoms with Crippen molar-refractivity contribution in [2.75, 3.05) is 25.5 Å². The number of urea groups is 1. The lowest BCUT2D eigenvalue weighted by molar-refractivity contribution is -0.123. The molecule has 6 nitrogen and oxygen atoms in total. The van der Waals surface area contributed by atoms with E-state index in [0.717, 1.165) is 18.6 Å². The zero-order chi connectivity index (χ0) is 14.5. The summed E-state index contributed by atoms with van der Waals surface area (Å²) >= 11 is 0. The van der Waals surface area contributed by atoms with E-state index in [4.69, 9.17) is 10.5 Å². The molecule has 108 valence electrons. The van der Waals surface area contributed by atoms with Gasteiger partial charge in [-0.2, -0.15) is 0 Å². The number of nitrogens with two attached hydrogens (primary N) is 1. The summed E-state index contributed by atoms with van der Waals surface area (Å²) in [6.45, 7) is 1.03. The average molecular weight is 277 g/mol. The Morgan fingerprint density at radius 2 is 2.05 bits per heavy atom. The molecule has 1 unspecified atom stereocenters. The average Bonchev–Trinajstić information content (AvgIpc) is 2.48. The van der Waals surface area contributed by atoms with Gasteiger partial charge in [0.05, 0.1) is 13.0 Å². The summed E-state index contributed by atoms with van der Waals surface area (Å²) in [7, 11) is 1.59. The van der Waals surface area contributed by atoms with Crippen LogP contribution >= 0.6 is 0 Å². The fourth-order valence-corrected chi connectivity index (χ4v) is 2.27. The predicted octanol–water partition coefficient (Wildman–Crippen LogP) is 1.42. The molecule has 1 heterocycles. The zero-order valence-corrected chi connectivity index (χ0v) is 11.5. The number of carbonyl (C=O) groups is 2. The maximum absolute atomic E-state index is 12.1. The van der Waals surface area contributed by atoms with Gasteiger partial charge in [0.1, 0.15) is 5.75 Å². The van der Waals surface area contributed by atoms with Gasteiger partial charge in [-0.05, 0) is 37.1 Å². The van der Waals surface area contributed by atoms with Gasteiger partial charge in [0.15, 0.2) is 0 Å². The van der Waals surface area contributed by atoms with Crippen molar-refractivity contribution in [3.63, 3.8) is 0 Å². The number of benzene rings is 1. The van der Waals surface area contributed by atoms with Gasteiger partial charge >= 0.3 is 6.03 Å². The smallest absolute Gasteiger partial charge is 0.321 e. The predicted molar refractivity (Wildman–Crippen MR) is 75.5 cm³/mol. The topological polar surface area (TPSA) is 84.7 Å². The summed E-state index contributed by atoms with van der Waals surface area (Å²) in [6.07, 6.45) is 1.55. The van der Waals surface area contributed by atoms with E-state index < -0.39 is 0 Å². The minimum Gasteiger partial charge on any atom is -0.497 e. The number of ether oxygens (including phenoxy) is 1. The zero-order valence-electron chi connectivity index (χ0n) is 11.5. The van der Waals surface area contributed by atoms with Crippen LogP contribution in [0.4, 0.5) is 10.5 Å². The lowest BCUT2D eigenvalue weighted by atomic mass is 9.98. The highest BCUT2D eigenvalue weighted by molar-refractivity contribution is 5.90. The summed E-state index contributed by atoms with van der Waals surface area (Å²) in [5.74, 6) is 0.145. The monoisotopic (exact) mass is 277 g/mol. The third-order valence-electron chi connectivity index (χ3n) is 3.45. The Hall–Kier alpha value is -2.24. The first-order valence-electron chi connectivity index (χ1n) is 6.59. The fourth-order valence-electron chi connectivity index (χ4n) is 2.27. The molecule has 1 fully saturated rings. The molecule has 1 aromatic rings. The molecule has 3 N–H and O–H groups in total. The summed E-state index contributed by atoms with van der Waals surface area (Å²) in [6, 6.07) is 6.88. The van der Waals surface area contributed by atoms with E-state index in [0.29, 0.717) is 18.8 Å². The number of carbonyl (C=O) groups excluding carboxylic acids is 2. The number of rotatable bonds is 3. The van der Waals surface area contributed by atoms with E-state index in [2.05, 4.69) is 5.32 Å². The van der Waals surface area contributed by atoms with Crippen molar-refractivity contribution in [3.8, 4) is 5.75 Å². The van der Waals surface area contributed by atoms with Crippen molar-refractivity contribution in [2.45, 2.75) is 12.8 Å². The normalized spacial score (nSPS) is 18.4. The van der Waals surface area contributed by atoms with Crippen LogP contribution in [0, 0.1) is 5.92 Å². The number of hydrogen-bond donors (Lipinski definition) is 2. The van der Waals surface area contributed by atoms with Crippen LogP contribution in [0.3, 0.4) is 0 Å². The molecule has 0 aliphatic carbocycles. The number of anilines is 1. The van der Waals surface area contributed by atoms with Crippen LogP contribution < -0.4 is 15.8 Å². The van der Waals surface area contributed by atoms with Crippen molar-refractivity contribution in [3.05, 3.63) is 24.3 Å². The third-order valence-corrected chi connectivity index (χ3v) is 3.45. The van der Waals surface area contributed by atoms with Crippen molar-refractivity contribution < 1.29 is 14.3 Å². The highest BCUT2D eigenvalue weighted by atomic mass is 16.5. The van der Waals surface area contributed by atoms with E-state index in [-0.39, 0.29) is 17.9 Å². The second-order valence-electron chi connectivity index (χ2n) is 4.85. The number of piperidine rings is 1. The SMILES string of the molecule is COc1ccc(NC(=O)N2CCCC(C(N)=O)C2)cc1. The van der Waals surface area contributed by atoms with Gasteiger partial charge in [-0.1, -0.05) is 0 Å². The van der Waals surface area contributed by atoms with Gasteiger partial charge in [-0.15, -0.1) is 0 Å². The van der Waals surface area contributed by atoms with E-state index in [1.807, 2.05) is 0 Å². The molecule has 1 aliphatic rings. The Bertz CT molecular complexity index is 487. The standard InChI is InChI=1S/C14H19N3O3/c1-20-12-6-4-11(5-7-12)16-14(19)17-8-2-3-10(9-17)13(15)18/h4-7,10H,2-3,8-9H2,1H3,(H2,15,18)(H,16,19). The van der Waals surface area contributed by atoms with E-state index in [1.54, 1.807) is 36.3 Å². The van der Waals surface area contributed by atoms with E-state index >= 15 is 0 Å². The van der Waals surface area contributed by atoms with E-state index in [9.17, 15) is 9.59 Å². The molecule has 1 atom stereocenters. The molecule has 0 saturated carbocycles. The maximum Gasteiger partial charge on any atom is 0.321 e. The van der Waals surface area contributed by atoms with Crippen LogP contribution in [0.1, 0.15) is 12.8 Å². The van der Waals surface area contributed by atoms with Crippen LogP contribution in [-0.4, -0.2) is 37.0 Å². The minimum atomic E-state index is -0.341. The first kappa shape index (κ1) is 14.2. The van der Waals surface area contributed by atoms with Gasteiger partial charge < -0.3 is 20.7 Å². The molecule has 0 radical (unpaired) electrons. The van der Waals surface area contributed by atoms with Crippen LogP contribution in [0.2, 0.25) is 0 Å². The van der Waals surface area contributed by atoms with E-state index in [1.165, 1.54) is 0 Å². The van der Waals surface area contributed by atoms with Crippen LogP contribution in [0.15, 0.2) is 24.3 Å². The molecule has 0 spiro atoms. The minimum absolute atomic E-state index is 0.207. The van der Waals surface area contributed by atoms with Crippen LogP contribution in [-0.2, 0) is 4.79 Å². The van der Waals surface area contributed by atoms with Crippen molar-refractivity contribution in [2.24, 2.45) is 11.7 Å². The quantitative estimate of drug-likeness (QED) is 0.876. The van der Waals surface area contributed by atoms with Crippen molar-refractivity contribution in [1.82, 2.24) is 4.90 Å². The van der Waals surface area contributed by atoms with Crippen molar-refractivity contribution in [1.29, 1.82) is 0 Å². The number of likely N-dealkylation sites (tertiary alicyclic amines) is 1. The number of nitrogens with zero attached hydrogens (tertiary/aromatic N) is 1. The molecular formula is C14H19N3O3. The largest absolute Gasteiger partial charge is 0.497 e. The van der Waals surface area contributed by atoms with Crippen molar-refractivity contribution >= 4 is 17.6 Å². The van der Waals surface area contributed by atoms with Gasteiger partial charge in [-0.3, -0.25) is 4.79 Å². The molecular weight excluding hydrogens is 258 g/mol. The molecule has 6 heteroatoms. The number of nitrogens with one attached hydrogen (secondary N) is 1. The van der Waals surface area contributed by atoms with Crippen LogP contribution in [0.25, 0.3) is 0 Å².